The smallest absolute Gasteiger partial charge is 0.132 e. The molecule has 0 heterocycles. The molecule has 1 aromatic rings. The molecule has 1 nitrogen and oxygen atoms in total. The molecular weight excluding hydrogens is 354 g/mol. The second-order valence-electron chi connectivity index (χ2n) is 2.00. The van der Waals surface area contributed by atoms with Crippen LogP contribution in [-0.2, 0) is 0 Å². The van der Waals surface area contributed by atoms with Crippen LogP contribution in [-0.4, -0.2) is 5.11 Å². The highest BCUT2D eigenvalue weighted by molar-refractivity contribution is 14.1. The molecule has 0 aliphatic heterocycles. The summed E-state index contributed by atoms with van der Waals surface area (Å²) in [5.41, 5.74) is 0.965. The van der Waals surface area contributed by atoms with Gasteiger partial charge in [-0.3, -0.25) is 0 Å². The maximum Gasteiger partial charge on any atom is 0.132 e. The van der Waals surface area contributed by atoms with Crippen molar-refractivity contribution in [3.8, 4) is 5.75 Å². The Balaban J connectivity index is 3.34. The summed E-state index contributed by atoms with van der Waals surface area (Å²) in [7, 11) is 0. The minimum Gasteiger partial charge on any atom is -0.507 e. The predicted molar refractivity (Wildman–Crippen MR) is 58.3 cm³/mol. The third kappa shape index (κ3) is 1.55. The minimum absolute atomic E-state index is 0.410. The summed E-state index contributed by atoms with van der Waals surface area (Å²) < 4.78 is 2.02. The van der Waals surface area contributed by atoms with Crippen molar-refractivity contribution in [1.82, 2.24) is 0 Å². The van der Waals surface area contributed by atoms with Crippen LogP contribution in [0.3, 0.4) is 0 Å². The first kappa shape index (κ1) is 8.58. The van der Waals surface area contributed by atoms with E-state index in [0.717, 1.165) is 12.7 Å². The highest BCUT2D eigenvalue weighted by Gasteiger charge is 2.03. The van der Waals surface area contributed by atoms with Crippen LogP contribution in [0.2, 0.25) is 0 Å². The van der Waals surface area contributed by atoms with Gasteiger partial charge in [-0.15, -0.1) is 0 Å². The number of rotatable bonds is 0. The molecule has 0 radical (unpaired) electrons. The highest BCUT2D eigenvalue weighted by Crippen LogP contribution is 2.26. The summed E-state index contributed by atoms with van der Waals surface area (Å²) >= 11 is 4.32. The van der Waals surface area contributed by atoms with Crippen LogP contribution in [0.15, 0.2) is 12.1 Å². The normalized spacial score (nSPS) is 9.90. The number of hydrogen-bond donors (Lipinski definition) is 1. The van der Waals surface area contributed by atoms with E-state index in [9.17, 15) is 5.11 Å². The van der Waals surface area contributed by atoms with Crippen molar-refractivity contribution in [1.29, 1.82) is 0 Å². The fourth-order valence-corrected chi connectivity index (χ4v) is 1.66. The second kappa shape index (κ2) is 3.25. The molecule has 0 bridgehead atoms. The largest absolute Gasteiger partial charge is 0.507 e. The lowest BCUT2D eigenvalue weighted by molar-refractivity contribution is 0.466. The number of hydrogen-bond acceptors (Lipinski definition) is 1. The fourth-order valence-electron chi connectivity index (χ4n) is 0.642. The van der Waals surface area contributed by atoms with Gasteiger partial charge in [-0.25, -0.2) is 0 Å². The first-order chi connectivity index (χ1) is 4.63. The van der Waals surface area contributed by atoms with E-state index in [1.807, 2.05) is 19.1 Å². The van der Waals surface area contributed by atoms with Crippen LogP contribution in [0, 0.1) is 14.1 Å². The van der Waals surface area contributed by atoms with E-state index in [0.29, 0.717) is 5.75 Å². The zero-order valence-corrected chi connectivity index (χ0v) is 9.67. The molecular formula is C7H6I2O. The molecule has 54 valence electrons. The van der Waals surface area contributed by atoms with Gasteiger partial charge in [0.1, 0.15) is 5.75 Å². The van der Waals surface area contributed by atoms with Crippen LogP contribution >= 0.6 is 45.2 Å². The number of phenolic OH excluding ortho intramolecular Hbond substituents is 1. The third-order valence-corrected chi connectivity index (χ3v) is 3.35. The standard InChI is InChI=1S/C7H6I2O/c1-4-5(8)2-3-6(9)7(4)10/h2-3,10H,1H3. The zero-order valence-electron chi connectivity index (χ0n) is 5.36. The summed E-state index contributed by atoms with van der Waals surface area (Å²) in [6.07, 6.45) is 0. The topological polar surface area (TPSA) is 20.2 Å². The molecule has 0 amide bonds. The van der Waals surface area contributed by atoms with E-state index in [1.54, 1.807) is 0 Å². The van der Waals surface area contributed by atoms with Gasteiger partial charge in [0.25, 0.3) is 0 Å². The van der Waals surface area contributed by atoms with E-state index < -0.39 is 0 Å². The lowest BCUT2D eigenvalue weighted by Gasteiger charge is -2.02. The van der Waals surface area contributed by atoms with Crippen LogP contribution in [0.1, 0.15) is 5.56 Å². The Kier molecular flexibility index (Phi) is 2.79. The van der Waals surface area contributed by atoms with Crippen molar-refractivity contribution in [2.24, 2.45) is 0 Å². The summed E-state index contributed by atoms with van der Waals surface area (Å²) in [5.74, 6) is 0.410. The van der Waals surface area contributed by atoms with E-state index in [4.69, 9.17) is 0 Å². The second-order valence-corrected chi connectivity index (χ2v) is 4.33. The summed E-state index contributed by atoms with van der Waals surface area (Å²) in [6.45, 7) is 1.92. The van der Waals surface area contributed by atoms with Gasteiger partial charge in [-0.2, -0.15) is 0 Å². The van der Waals surface area contributed by atoms with Gasteiger partial charge in [0.05, 0.1) is 3.57 Å². The molecule has 0 saturated heterocycles. The maximum absolute atomic E-state index is 9.37. The highest BCUT2D eigenvalue weighted by atomic mass is 127. The number of phenols is 1. The average molecular weight is 360 g/mol. The Morgan fingerprint density at radius 2 is 1.70 bits per heavy atom. The molecule has 0 unspecified atom stereocenters. The minimum atomic E-state index is 0.410. The summed E-state index contributed by atoms with van der Waals surface area (Å²) in [5, 5.41) is 9.37. The molecule has 0 aliphatic rings. The van der Waals surface area contributed by atoms with Gasteiger partial charge in [-0.05, 0) is 64.2 Å². The molecule has 0 fully saturated rings. The fraction of sp³-hybridized carbons (Fsp3) is 0.143. The van der Waals surface area contributed by atoms with E-state index in [2.05, 4.69) is 45.2 Å². The van der Waals surface area contributed by atoms with E-state index in [1.165, 1.54) is 0 Å². The Morgan fingerprint density at radius 3 is 2.20 bits per heavy atom. The quantitative estimate of drug-likeness (QED) is 0.706. The molecule has 10 heavy (non-hydrogen) atoms. The molecule has 1 N–H and O–H groups in total. The molecule has 0 aliphatic carbocycles. The number of aromatic hydroxyl groups is 1. The third-order valence-electron chi connectivity index (χ3n) is 1.32. The van der Waals surface area contributed by atoms with Crippen molar-refractivity contribution in [3.05, 3.63) is 24.8 Å². The molecule has 1 aromatic carbocycles. The molecule has 0 atom stereocenters. The summed E-state index contributed by atoms with van der Waals surface area (Å²) in [6, 6.07) is 3.90. The molecule has 0 spiro atoms. The lowest BCUT2D eigenvalue weighted by atomic mass is 10.2. The molecule has 1 rings (SSSR count). The van der Waals surface area contributed by atoms with Crippen LogP contribution in [0.5, 0.6) is 5.75 Å². The van der Waals surface area contributed by atoms with Crippen molar-refractivity contribution < 1.29 is 5.11 Å². The van der Waals surface area contributed by atoms with Crippen molar-refractivity contribution in [2.45, 2.75) is 6.92 Å². The first-order valence-electron chi connectivity index (χ1n) is 2.76. The number of benzene rings is 1. The molecule has 3 heteroatoms. The Morgan fingerprint density at radius 1 is 1.20 bits per heavy atom. The van der Waals surface area contributed by atoms with Gasteiger partial charge in [0.15, 0.2) is 0 Å². The molecule has 0 saturated carbocycles. The summed E-state index contributed by atoms with van der Waals surface area (Å²) in [4.78, 5) is 0. The Hall–Kier alpha value is 0.480. The van der Waals surface area contributed by atoms with Crippen LogP contribution in [0.4, 0.5) is 0 Å². The molecule has 0 aromatic heterocycles. The monoisotopic (exact) mass is 360 g/mol. The number of halogens is 2. The van der Waals surface area contributed by atoms with Crippen molar-refractivity contribution >= 4 is 45.2 Å². The Bertz CT molecular complexity index is 231. The maximum atomic E-state index is 9.37. The van der Waals surface area contributed by atoms with Gasteiger partial charge >= 0.3 is 0 Å². The van der Waals surface area contributed by atoms with Crippen LogP contribution < -0.4 is 0 Å². The van der Waals surface area contributed by atoms with Crippen molar-refractivity contribution in [2.75, 3.05) is 0 Å². The predicted octanol–water partition coefficient (Wildman–Crippen LogP) is 2.91. The first-order valence-corrected chi connectivity index (χ1v) is 4.92. The SMILES string of the molecule is Cc1c(I)ccc(I)c1O. The zero-order chi connectivity index (χ0) is 7.72. The van der Waals surface area contributed by atoms with Gasteiger partial charge in [0.2, 0.25) is 0 Å². The average Bonchev–Trinajstić information content (AvgIpc) is 1.93. The Labute approximate surface area is 87.1 Å². The lowest BCUT2D eigenvalue weighted by Crippen LogP contribution is -1.82. The van der Waals surface area contributed by atoms with Crippen molar-refractivity contribution in [3.63, 3.8) is 0 Å². The van der Waals surface area contributed by atoms with Gasteiger partial charge < -0.3 is 5.11 Å². The van der Waals surface area contributed by atoms with Crippen LogP contribution in [0.25, 0.3) is 0 Å². The van der Waals surface area contributed by atoms with Gasteiger partial charge in [-0.1, -0.05) is 0 Å². The van der Waals surface area contributed by atoms with E-state index in [-0.39, 0.29) is 0 Å². The van der Waals surface area contributed by atoms with Gasteiger partial charge in [0, 0.05) is 9.13 Å². The van der Waals surface area contributed by atoms with E-state index >= 15 is 0 Å².